The standard InChI is InChI=1S/C11H8F6N2/c1-18-9-3-2-7(6-8(9)11(15,16)17)19-5-4-10(12,13)14/h2-3,6,19H,4-5H2. The van der Waals surface area contributed by atoms with Gasteiger partial charge in [-0.05, 0) is 12.1 Å². The van der Waals surface area contributed by atoms with E-state index >= 15 is 0 Å². The summed E-state index contributed by atoms with van der Waals surface area (Å²) in [4.78, 5) is 2.72. The first-order valence-electron chi connectivity index (χ1n) is 5.03. The number of anilines is 1. The molecule has 0 amide bonds. The Morgan fingerprint density at radius 2 is 1.74 bits per heavy atom. The highest BCUT2D eigenvalue weighted by Gasteiger charge is 2.33. The molecule has 0 aliphatic carbocycles. The first-order chi connectivity index (χ1) is 8.63. The van der Waals surface area contributed by atoms with Crippen LogP contribution in [0.4, 0.5) is 37.7 Å². The third-order valence-electron chi connectivity index (χ3n) is 2.16. The number of rotatable bonds is 3. The van der Waals surface area contributed by atoms with Crippen molar-refractivity contribution in [1.29, 1.82) is 0 Å². The molecule has 2 nitrogen and oxygen atoms in total. The molecule has 0 fully saturated rings. The van der Waals surface area contributed by atoms with Crippen molar-refractivity contribution in [2.45, 2.75) is 18.8 Å². The molecule has 104 valence electrons. The Hall–Kier alpha value is -1.91. The van der Waals surface area contributed by atoms with Gasteiger partial charge < -0.3 is 5.32 Å². The Labute approximate surface area is 104 Å². The van der Waals surface area contributed by atoms with E-state index in [4.69, 9.17) is 6.57 Å². The molecule has 1 aromatic rings. The Kier molecular flexibility index (Phi) is 4.29. The minimum Gasteiger partial charge on any atom is -0.385 e. The summed E-state index contributed by atoms with van der Waals surface area (Å²) < 4.78 is 73.4. The fourth-order valence-electron chi connectivity index (χ4n) is 1.32. The molecule has 0 unspecified atom stereocenters. The summed E-state index contributed by atoms with van der Waals surface area (Å²) in [5.74, 6) is 0. The van der Waals surface area contributed by atoms with Gasteiger partial charge in [-0.3, -0.25) is 0 Å². The summed E-state index contributed by atoms with van der Waals surface area (Å²) in [6, 6.07) is 2.69. The highest BCUT2D eigenvalue weighted by atomic mass is 19.4. The molecule has 8 heteroatoms. The van der Waals surface area contributed by atoms with Crippen LogP contribution in [0.15, 0.2) is 18.2 Å². The summed E-state index contributed by atoms with van der Waals surface area (Å²) >= 11 is 0. The molecular weight excluding hydrogens is 274 g/mol. The lowest BCUT2D eigenvalue weighted by molar-refractivity contribution is -0.137. The van der Waals surface area contributed by atoms with Crippen LogP contribution in [0.25, 0.3) is 4.85 Å². The first kappa shape index (κ1) is 15.1. The van der Waals surface area contributed by atoms with Gasteiger partial charge in [0.15, 0.2) is 5.69 Å². The second-order valence-electron chi connectivity index (χ2n) is 3.63. The summed E-state index contributed by atoms with van der Waals surface area (Å²) in [6.07, 6.45) is -10.3. The second kappa shape index (κ2) is 5.38. The van der Waals surface area contributed by atoms with Crippen LogP contribution in [0.1, 0.15) is 12.0 Å². The monoisotopic (exact) mass is 282 g/mol. The smallest absolute Gasteiger partial charge is 0.385 e. The van der Waals surface area contributed by atoms with E-state index in [2.05, 4.69) is 10.2 Å². The maximum Gasteiger partial charge on any atom is 0.407 e. The number of nitrogens with zero attached hydrogens (tertiary/aromatic N) is 1. The van der Waals surface area contributed by atoms with Gasteiger partial charge in [0.1, 0.15) is 0 Å². The van der Waals surface area contributed by atoms with Crippen molar-refractivity contribution >= 4 is 11.4 Å². The molecule has 0 aromatic heterocycles. The van der Waals surface area contributed by atoms with Gasteiger partial charge in [0, 0.05) is 12.2 Å². The lowest BCUT2D eigenvalue weighted by Crippen LogP contribution is -2.15. The first-order valence-corrected chi connectivity index (χ1v) is 5.03. The summed E-state index contributed by atoms with van der Waals surface area (Å²) in [6.45, 7) is 6.08. The number of nitrogens with one attached hydrogen (secondary N) is 1. The molecular formula is C11H8F6N2. The molecule has 0 heterocycles. The summed E-state index contributed by atoms with van der Waals surface area (Å²) in [5, 5.41) is 2.24. The quantitative estimate of drug-likeness (QED) is 0.632. The summed E-state index contributed by atoms with van der Waals surface area (Å²) in [5.41, 5.74) is -1.86. The van der Waals surface area contributed by atoms with E-state index in [1.807, 2.05) is 0 Å². The fourth-order valence-corrected chi connectivity index (χ4v) is 1.32. The minimum atomic E-state index is -4.72. The topological polar surface area (TPSA) is 16.4 Å². The zero-order valence-corrected chi connectivity index (χ0v) is 9.36. The molecule has 0 bridgehead atoms. The van der Waals surface area contributed by atoms with E-state index < -0.39 is 36.6 Å². The largest absolute Gasteiger partial charge is 0.407 e. The van der Waals surface area contributed by atoms with Crippen LogP contribution in [-0.4, -0.2) is 12.7 Å². The van der Waals surface area contributed by atoms with Gasteiger partial charge >= 0.3 is 12.4 Å². The van der Waals surface area contributed by atoms with Crippen LogP contribution in [0.5, 0.6) is 0 Å². The van der Waals surface area contributed by atoms with Gasteiger partial charge in [-0.1, -0.05) is 6.07 Å². The second-order valence-corrected chi connectivity index (χ2v) is 3.63. The van der Waals surface area contributed by atoms with Crippen molar-refractivity contribution in [3.05, 3.63) is 35.2 Å². The molecule has 1 N–H and O–H groups in total. The Morgan fingerprint density at radius 3 is 2.21 bits per heavy atom. The predicted octanol–water partition coefficient (Wildman–Crippen LogP) is 4.62. The molecule has 19 heavy (non-hydrogen) atoms. The van der Waals surface area contributed by atoms with Gasteiger partial charge in [-0.25, -0.2) is 4.85 Å². The molecule has 0 spiro atoms. The third kappa shape index (κ3) is 4.69. The maximum atomic E-state index is 12.6. The van der Waals surface area contributed by atoms with Crippen molar-refractivity contribution in [3.8, 4) is 0 Å². The number of alkyl halides is 6. The lowest BCUT2D eigenvalue weighted by atomic mass is 10.1. The Bertz CT molecular complexity index is 483. The van der Waals surface area contributed by atoms with Gasteiger partial charge in [-0.15, -0.1) is 0 Å². The van der Waals surface area contributed by atoms with Gasteiger partial charge in [0.05, 0.1) is 18.6 Å². The van der Waals surface area contributed by atoms with Gasteiger partial charge in [0.2, 0.25) is 0 Å². The molecule has 0 aliphatic heterocycles. The van der Waals surface area contributed by atoms with Crippen LogP contribution in [0.2, 0.25) is 0 Å². The summed E-state index contributed by atoms with van der Waals surface area (Å²) in [7, 11) is 0. The highest BCUT2D eigenvalue weighted by molar-refractivity contribution is 5.61. The molecule has 1 aromatic carbocycles. The van der Waals surface area contributed by atoms with E-state index in [1.54, 1.807) is 0 Å². The average molecular weight is 282 g/mol. The zero-order chi connectivity index (χ0) is 14.7. The normalized spacial score (nSPS) is 12.1. The average Bonchev–Trinajstić information content (AvgIpc) is 2.26. The van der Waals surface area contributed by atoms with Crippen LogP contribution in [-0.2, 0) is 6.18 Å². The van der Waals surface area contributed by atoms with Crippen molar-refractivity contribution in [2.24, 2.45) is 0 Å². The molecule has 0 aliphatic rings. The van der Waals surface area contributed by atoms with Gasteiger partial charge in [0.25, 0.3) is 0 Å². The Balaban J connectivity index is 2.86. The van der Waals surface area contributed by atoms with Crippen molar-refractivity contribution in [2.75, 3.05) is 11.9 Å². The zero-order valence-electron chi connectivity index (χ0n) is 9.36. The molecule has 0 saturated carbocycles. The van der Waals surface area contributed by atoms with Crippen LogP contribution >= 0.6 is 0 Å². The lowest BCUT2D eigenvalue weighted by Gasteiger charge is -2.13. The SMILES string of the molecule is [C-]#[N+]c1ccc(NCCC(F)(F)F)cc1C(F)(F)F. The van der Waals surface area contributed by atoms with Crippen molar-refractivity contribution < 1.29 is 26.3 Å². The fraction of sp³-hybridized carbons (Fsp3) is 0.364. The molecule has 0 atom stereocenters. The molecule has 1 rings (SSSR count). The van der Waals surface area contributed by atoms with E-state index in [0.29, 0.717) is 6.07 Å². The van der Waals surface area contributed by atoms with Crippen LogP contribution < -0.4 is 5.32 Å². The van der Waals surface area contributed by atoms with E-state index in [0.717, 1.165) is 12.1 Å². The highest BCUT2D eigenvalue weighted by Crippen LogP contribution is 2.38. The van der Waals surface area contributed by atoms with Gasteiger partial charge in [-0.2, -0.15) is 26.3 Å². The number of hydrogen-bond donors (Lipinski definition) is 1. The van der Waals surface area contributed by atoms with Crippen LogP contribution in [0.3, 0.4) is 0 Å². The van der Waals surface area contributed by atoms with Crippen molar-refractivity contribution in [1.82, 2.24) is 0 Å². The maximum absolute atomic E-state index is 12.6. The molecule has 0 saturated heterocycles. The third-order valence-corrected chi connectivity index (χ3v) is 2.16. The number of benzene rings is 1. The van der Waals surface area contributed by atoms with E-state index in [1.165, 1.54) is 0 Å². The Morgan fingerprint density at radius 1 is 1.11 bits per heavy atom. The minimum absolute atomic E-state index is 0.107. The number of hydrogen-bond acceptors (Lipinski definition) is 1. The van der Waals surface area contributed by atoms with E-state index in [9.17, 15) is 26.3 Å². The number of halogens is 6. The van der Waals surface area contributed by atoms with Crippen LogP contribution in [0, 0.1) is 6.57 Å². The molecule has 0 radical (unpaired) electrons. The van der Waals surface area contributed by atoms with E-state index in [-0.39, 0.29) is 5.69 Å². The van der Waals surface area contributed by atoms with Crippen molar-refractivity contribution in [3.63, 3.8) is 0 Å². The predicted molar refractivity (Wildman–Crippen MR) is 56.9 cm³/mol.